The summed E-state index contributed by atoms with van der Waals surface area (Å²) in [7, 11) is 0.999. The molecule has 4 heteroatoms. The van der Waals surface area contributed by atoms with Crippen molar-refractivity contribution >= 4 is 16.9 Å². The van der Waals surface area contributed by atoms with E-state index < -0.39 is 0 Å². The number of halogens is 1. The van der Waals surface area contributed by atoms with E-state index in [4.69, 9.17) is 4.74 Å². The van der Waals surface area contributed by atoms with Gasteiger partial charge in [0.2, 0.25) is 0 Å². The molecular weight excluding hydrogens is 323 g/mol. The number of ether oxygens (including phenoxy) is 1. The zero-order chi connectivity index (χ0) is 16.9. The molecule has 0 fully saturated rings. The fraction of sp³-hybridized carbons (Fsp3) is 0.0500. The minimum Gasteiger partial charge on any atom is -0.465 e. The number of esters is 1. The zero-order valence-corrected chi connectivity index (χ0v) is 13.9. The molecule has 120 valence electrons. The van der Waals surface area contributed by atoms with E-state index in [0.717, 1.165) is 14.7 Å². The first-order valence-corrected chi connectivity index (χ1v) is 8.65. The number of methoxy groups -OCH3 is 1. The van der Waals surface area contributed by atoms with Crippen molar-refractivity contribution in [3.8, 4) is 0 Å². The van der Waals surface area contributed by atoms with Crippen molar-refractivity contribution in [2.75, 3.05) is 7.11 Å². The number of benzene rings is 3. The second kappa shape index (κ2) is 7.32. The van der Waals surface area contributed by atoms with Crippen LogP contribution in [0.1, 0.15) is 10.4 Å². The van der Waals surface area contributed by atoms with Gasteiger partial charge >= 0.3 is 5.97 Å². The highest BCUT2D eigenvalue weighted by Gasteiger charge is 2.28. The SMILES string of the molecule is COC(=O)c1ccc([S+](c2ccccc2)c2ccc(F)cc2)cc1. The Bertz CT molecular complexity index is 815. The molecule has 24 heavy (non-hydrogen) atoms. The Morgan fingerprint density at radius 1 is 0.792 bits per heavy atom. The number of hydrogen-bond donors (Lipinski definition) is 0. The molecule has 0 spiro atoms. The molecule has 0 saturated carbocycles. The molecule has 2 nitrogen and oxygen atoms in total. The lowest BCUT2D eigenvalue weighted by Crippen LogP contribution is -2.06. The molecule has 0 bridgehead atoms. The monoisotopic (exact) mass is 339 g/mol. The second-order valence-corrected chi connectivity index (χ2v) is 7.12. The van der Waals surface area contributed by atoms with Crippen LogP contribution >= 0.6 is 0 Å². The Kier molecular flexibility index (Phi) is 4.96. The van der Waals surface area contributed by atoms with Gasteiger partial charge in [0.1, 0.15) is 5.82 Å². The molecule has 0 amide bonds. The number of rotatable bonds is 4. The van der Waals surface area contributed by atoms with E-state index in [0.29, 0.717) is 5.56 Å². The summed E-state index contributed by atoms with van der Waals surface area (Å²) >= 11 is 0. The van der Waals surface area contributed by atoms with Crippen molar-refractivity contribution in [1.29, 1.82) is 0 Å². The van der Waals surface area contributed by atoms with E-state index in [-0.39, 0.29) is 22.7 Å². The lowest BCUT2D eigenvalue weighted by Gasteiger charge is -2.08. The summed E-state index contributed by atoms with van der Waals surface area (Å²) in [4.78, 5) is 14.8. The van der Waals surface area contributed by atoms with Crippen LogP contribution in [-0.2, 0) is 15.6 Å². The summed E-state index contributed by atoms with van der Waals surface area (Å²) in [5.74, 6) is -0.612. The Labute approximate surface area is 143 Å². The topological polar surface area (TPSA) is 26.3 Å². The summed E-state index contributed by atoms with van der Waals surface area (Å²) in [6.07, 6.45) is 0. The van der Waals surface area contributed by atoms with Crippen LogP contribution in [-0.4, -0.2) is 13.1 Å². The van der Waals surface area contributed by atoms with Gasteiger partial charge in [-0.25, -0.2) is 9.18 Å². The molecule has 0 aliphatic heterocycles. The molecule has 3 rings (SSSR count). The van der Waals surface area contributed by atoms with Crippen LogP contribution in [0.25, 0.3) is 0 Å². The Morgan fingerprint density at radius 3 is 1.83 bits per heavy atom. The van der Waals surface area contributed by atoms with Crippen LogP contribution in [0.15, 0.2) is 93.5 Å². The fourth-order valence-corrected chi connectivity index (χ4v) is 4.44. The van der Waals surface area contributed by atoms with Gasteiger partial charge in [-0.15, -0.1) is 0 Å². The van der Waals surface area contributed by atoms with Gasteiger partial charge in [-0.3, -0.25) is 0 Å². The third kappa shape index (κ3) is 3.49. The van der Waals surface area contributed by atoms with Gasteiger partial charge in [-0.05, 0) is 60.7 Å². The highest BCUT2D eigenvalue weighted by atomic mass is 32.2. The minimum atomic E-state index is -0.365. The van der Waals surface area contributed by atoms with E-state index in [1.165, 1.54) is 19.2 Å². The molecule has 3 aromatic carbocycles. The van der Waals surface area contributed by atoms with Crippen molar-refractivity contribution in [3.05, 3.63) is 90.2 Å². The zero-order valence-electron chi connectivity index (χ0n) is 13.1. The lowest BCUT2D eigenvalue weighted by atomic mass is 10.2. The minimum absolute atomic E-state index is 0.253. The molecule has 0 saturated heterocycles. The van der Waals surface area contributed by atoms with Gasteiger partial charge < -0.3 is 4.74 Å². The molecule has 0 aliphatic carbocycles. The molecule has 0 N–H and O–H groups in total. The van der Waals surface area contributed by atoms with Gasteiger partial charge in [0.05, 0.1) is 23.6 Å². The largest absolute Gasteiger partial charge is 0.465 e. The number of carbonyl (C=O) groups excluding carboxylic acids is 1. The summed E-state index contributed by atoms with van der Waals surface area (Å²) in [6.45, 7) is 0. The van der Waals surface area contributed by atoms with E-state index in [9.17, 15) is 9.18 Å². The average Bonchev–Trinajstić information content (AvgIpc) is 2.64. The van der Waals surface area contributed by atoms with Crippen molar-refractivity contribution in [1.82, 2.24) is 0 Å². The molecular formula is C20H16FO2S+. The smallest absolute Gasteiger partial charge is 0.337 e. The van der Waals surface area contributed by atoms with Crippen LogP contribution in [0.3, 0.4) is 0 Å². The summed E-state index contributed by atoms with van der Waals surface area (Å²) in [6, 6.07) is 24.0. The maximum Gasteiger partial charge on any atom is 0.337 e. The maximum atomic E-state index is 13.3. The first kappa shape index (κ1) is 16.3. The van der Waals surface area contributed by atoms with Gasteiger partial charge in [0.15, 0.2) is 14.7 Å². The van der Waals surface area contributed by atoms with Gasteiger partial charge in [0.25, 0.3) is 0 Å². The lowest BCUT2D eigenvalue weighted by molar-refractivity contribution is 0.0600. The standard InChI is InChI=1S/C20H16FO2S/c1-23-20(22)15-7-11-18(12-8-15)24(17-5-3-2-4-6-17)19-13-9-16(21)10-14-19/h2-14H,1H3/q+1. The molecule has 3 aromatic rings. The Morgan fingerprint density at radius 2 is 1.29 bits per heavy atom. The van der Waals surface area contributed by atoms with E-state index in [2.05, 4.69) is 12.1 Å². The van der Waals surface area contributed by atoms with E-state index in [1.54, 1.807) is 24.3 Å². The van der Waals surface area contributed by atoms with Crippen molar-refractivity contribution in [3.63, 3.8) is 0 Å². The van der Waals surface area contributed by atoms with Gasteiger partial charge in [0, 0.05) is 0 Å². The van der Waals surface area contributed by atoms with Crippen molar-refractivity contribution in [2.24, 2.45) is 0 Å². The Hall–Kier alpha value is -2.59. The van der Waals surface area contributed by atoms with Crippen LogP contribution in [0.2, 0.25) is 0 Å². The summed E-state index contributed by atoms with van der Waals surface area (Å²) in [5.41, 5.74) is 0.511. The van der Waals surface area contributed by atoms with Crippen molar-refractivity contribution in [2.45, 2.75) is 14.7 Å². The Balaban J connectivity index is 2.05. The third-order valence-corrected chi connectivity index (χ3v) is 5.77. The second-order valence-electron chi connectivity index (χ2n) is 5.09. The van der Waals surface area contributed by atoms with Gasteiger partial charge in [-0.2, -0.15) is 0 Å². The molecule has 1 unspecified atom stereocenters. The molecule has 0 radical (unpaired) electrons. The predicted octanol–water partition coefficient (Wildman–Crippen LogP) is 4.71. The van der Waals surface area contributed by atoms with Gasteiger partial charge in [-0.1, -0.05) is 18.2 Å². The number of hydrogen-bond acceptors (Lipinski definition) is 2. The van der Waals surface area contributed by atoms with Crippen LogP contribution in [0, 0.1) is 5.82 Å². The molecule has 1 atom stereocenters. The fourth-order valence-electron chi connectivity index (χ4n) is 2.38. The van der Waals surface area contributed by atoms with Crippen LogP contribution in [0.5, 0.6) is 0 Å². The average molecular weight is 339 g/mol. The molecule has 0 heterocycles. The molecule has 0 aromatic heterocycles. The first-order valence-electron chi connectivity index (χ1n) is 7.42. The van der Waals surface area contributed by atoms with Crippen LogP contribution in [0.4, 0.5) is 4.39 Å². The quantitative estimate of drug-likeness (QED) is 0.508. The highest BCUT2D eigenvalue weighted by Crippen LogP contribution is 2.31. The third-order valence-electron chi connectivity index (χ3n) is 3.54. The predicted molar refractivity (Wildman–Crippen MR) is 92.8 cm³/mol. The number of carbonyl (C=O) groups is 1. The highest BCUT2D eigenvalue weighted by molar-refractivity contribution is 7.97. The van der Waals surface area contributed by atoms with E-state index in [1.807, 2.05) is 30.3 Å². The normalized spacial score (nSPS) is 11.8. The van der Waals surface area contributed by atoms with Crippen molar-refractivity contribution < 1.29 is 13.9 Å². The first-order chi connectivity index (χ1) is 11.7. The van der Waals surface area contributed by atoms with Crippen LogP contribution < -0.4 is 0 Å². The van der Waals surface area contributed by atoms with E-state index >= 15 is 0 Å². The molecule has 0 aliphatic rings. The maximum absolute atomic E-state index is 13.3. The summed E-state index contributed by atoms with van der Waals surface area (Å²) in [5, 5.41) is 0. The summed E-state index contributed by atoms with van der Waals surface area (Å²) < 4.78 is 18.0.